The monoisotopic (exact) mass is 448 g/mol. The number of rotatable bonds is 6. The second-order valence-corrected chi connectivity index (χ2v) is 8.49. The molecule has 0 unspecified atom stereocenters. The van der Waals surface area contributed by atoms with Gasteiger partial charge in [0, 0.05) is 51.1 Å². The number of ether oxygens (including phenoxy) is 1. The standard InChI is InChI=1S/C22H25N5O3.C2H3N/c1-13-9-15(5-6-17(13)22(29)26-11-16(12-26)30-2)24-20-19-18(7-8-23-21(19)28)27(25-20)10-14-3-4-14;1-2-3/h5-9,14,16H,3-4,10-12H2,1-2H3,(H,23,28)(H,24,25);1H3. The molecule has 1 aliphatic heterocycles. The van der Waals surface area contributed by atoms with E-state index >= 15 is 0 Å². The maximum Gasteiger partial charge on any atom is 0.261 e. The van der Waals surface area contributed by atoms with Gasteiger partial charge in [-0.15, -0.1) is 0 Å². The van der Waals surface area contributed by atoms with Gasteiger partial charge in [0.15, 0.2) is 5.82 Å². The number of benzene rings is 1. The molecule has 0 spiro atoms. The molecule has 1 saturated carbocycles. The molecule has 0 atom stereocenters. The zero-order valence-corrected chi connectivity index (χ0v) is 19.1. The summed E-state index contributed by atoms with van der Waals surface area (Å²) in [5.74, 6) is 1.20. The molecule has 1 amide bonds. The van der Waals surface area contributed by atoms with Crippen LogP contribution in [0.4, 0.5) is 11.5 Å². The number of likely N-dealkylation sites (tertiary alicyclic amines) is 1. The molecule has 9 nitrogen and oxygen atoms in total. The number of methoxy groups -OCH3 is 1. The summed E-state index contributed by atoms with van der Waals surface area (Å²) in [5.41, 5.74) is 3.02. The van der Waals surface area contributed by atoms with Crippen LogP contribution in [0, 0.1) is 24.2 Å². The van der Waals surface area contributed by atoms with Crippen LogP contribution in [-0.4, -0.2) is 51.9 Å². The first-order valence-electron chi connectivity index (χ1n) is 11.0. The van der Waals surface area contributed by atoms with E-state index in [1.165, 1.54) is 19.8 Å². The van der Waals surface area contributed by atoms with Crippen molar-refractivity contribution in [3.8, 4) is 6.07 Å². The van der Waals surface area contributed by atoms with Crippen molar-refractivity contribution in [2.75, 3.05) is 25.5 Å². The van der Waals surface area contributed by atoms with Crippen LogP contribution < -0.4 is 10.9 Å². The first kappa shape index (κ1) is 22.6. The van der Waals surface area contributed by atoms with Crippen molar-refractivity contribution in [2.24, 2.45) is 5.92 Å². The van der Waals surface area contributed by atoms with Gasteiger partial charge in [-0.3, -0.25) is 14.3 Å². The summed E-state index contributed by atoms with van der Waals surface area (Å²) >= 11 is 0. The predicted molar refractivity (Wildman–Crippen MR) is 126 cm³/mol. The molecule has 33 heavy (non-hydrogen) atoms. The highest BCUT2D eigenvalue weighted by Crippen LogP contribution is 2.33. The van der Waals surface area contributed by atoms with Crippen LogP contribution in [0.15, 0.2) is 35.3 Å². The lowest BCUT2D eigenvalue weighted by Crippen LogP contribution is -2.54. The van der Waals surface area contributed by atoms with Gasteiger partial charge in [-0.25, -0.2) is 0 Å². The second-order valence-electron chi connectivity index (χ2n) is 8.49. The Hall–Kier alpha value is -3.64. The second kappa shape index (κ2) is 9.46. The zero-order valence-electron chi connectivity index (χ0n) is 19.1. The number of amides is 1. The van der Waals surface area contributed by atoms with E-state index in [1.54, 1.807) is 24.3 Å². The summed E-state index contributed by atoms with van der Waals surface area (Å²) < 4.78 is 7.17. The summed E-state index contributed by atoms with van der Waals surface area (Å²) in [6.45, 7) is 5.43. The van der Waals surface area contributed by atoms with Gasteiger partial charge < -0.3 is 19.9 Å². The number of hydrogen-bond donors (Lipinski definition) is 2. The van der Waals surface area contributed by atoms with Gasteiger partial charge in [-0.1, -0.05) is 0 Å². The average Bonchev–Trinajstić information content (AvgIpc) is 3.50. The van der Waals surface area contributed by atoms with Crippen molar-refractivity contribution in [1.29, 1.82) is 5.26 Å². The van der Waals surface area contributed by atoms with E-state index in [4.69, 9.17) is 10.00 Å². The highest BCUT2D eigenvalue weighted by molar-refractivity contribution is 5.97. The number of carbonyl (C=O) groups is 1. The van der Waals surface area contributed by atoms with E-state index in [9.17, 15) is 9.59 Å². The number of fused-ring (bicyclic) bond motifs is 1. The summed E-state index contributed by atoms with van der Waals surface area (Å²) in [6, 6.07) is 9.25. The summed E-state index contributed by atoms with van der Waals surface area (Å²) in [5, 5.41) is 15.8. The van der Waals surface area contributed by atoms with Crippen LogP contribution in [0.1, 0.15) is 35.7 Å². The Labute approximate surface area is 192 Å². The van der Waals surface area contributed by atoms with Crippen LogP contribution in [0.5, 0.6) is 0 Å². The number of nitrogens with one attached hydrogen (secondary N) is 2. The number of carbonyl (C=O) groups excluding carboxylic acids is 1. The zero-order chi connectivity index (χ0) is 23.5. The van der Waals surface area contributed by atoms with Crippen LogP contribution in [0.3, 0.4) is 0 Å². The van der Waals surface area contributed by atoms with Gasteiger partial charge in [0.25, 0.3) is 11.5 Å². The maximum atomic E-state index is 12.7. The Morgan fingerprint density at radius 2 is 2.06 bits per heavy atom. The minimum absolute atomic E-state index is 0.0166. The third kappa shape index (κ3) is 4.76. The third-order valence-corrected chi connectivity index (χ3v) is 5.99. The lowest BCUT2D eigenvalue weighted by Gasteiger charge is -2.38. The first-order chi connectivity index (χ1) is 15.9. The normalized spacial score (nSPS) is 15.4. The number of aryl methyl sites for hydroxylation is 1. The van der Waals surface area contributed by atoms with Crippen molar-refractivity contribution >= 4 is 28.3 Å². The molecule has 1 aromatic carbocycles. The number of H-pyrrole nitrogens is 1. The fourth-order valence-corrected chi connectivity index (χ4v) is 3.95. The lowest BCUT2D eigenvalue weighted by atomic mass is 10.0. The number of pyridine rings is 1. The molecular weight excluding hydrogens is 420 g/mol. The molecule has 1 aliphatic carbocycles. The molecule has 9 heteroatoms. The Kier molecular flexibility index (Phi) is 6.47. The van der Waals surface area contributed by atoms with Crippen molar-refractivity contribution in [3.05, 3.63) is 51.9 Å². The van der Waals surface area contributed by atoms with Gasteiger partial charge in [-0.05, 0) is 55.5 Å². The molecule has 2 aromatic heterocycles. The van der Waals surface area contributed by atoms with Crippen molar-refractivity contribution < 1.29 is 9.53 Å². The van der Waals surface area contributed by atoms with Crippen molar-refractivity contribution in [2.45, 2.75) is 39.3 Å². The quantitative estimate of drug-likeness (QED) is 0.598. The van der Waals surface area contributed by atoms with Gasteiger partial charge in [0.2, 0.25) is 0 Å². The smallest absolute Gasteiger partial charge is 0.261 e. The fourth-order valence-electron chi connectivity index (χ4n) is 3.95. The van der Waals surface area contributed by atoms with Crippen molar-refractivity contribution in [1.82, 2.24) is 19.7 Å². The van der Waals surface area contributed by atoms with E-state index in [0.717, 1.165) is 23.3 Å². The molecule has 2 aliphatic rings. The minimum Gasteiger partial charge on any atom is -0.378 e. The van der Waals surface area contributed by atoms with Crippen LogP contribution >= 0.6 is 0 Å². The number of aromatic amines is 1. The largest absolute Gasteiger partial charge is 0.378 e. The summed E-state index contributed by atoms with van der Waals surface area (Å²) in [6.07, 6.45) is 4.22. The number of nitriles is 1. The molecule has 5 rings (SSSR count). The molecular formula is C24H28N6O3. The number of hydrogen-bond acceptors (Lipinski definition) is 6. The maximum absolute atomic E-state index is 12.7. The molecule has 0 radical (unpaired) electrons. The number of aromatic nitrogens is 3. The lowest BCUT2D eigenvalue weighted by molar-refractivity contribution is -0.0192. The Morgan fingerprint density at radius 1 is 1.33 bits per heavy atom. The van der Waals surface area contributed by atoms with Crippen molar-refractivity contribution in [3.63, 3.8) is 0 Å². The van der Waals surface area contributed by atoms with Crippen LogP contribution in [0.2, 0.25) is 0 Å². The first-order valence-corrected chi connectivity index (χ1v) is 11.0. The molecule has 2 fully saturated rings. The van der Waals surface area contributed by atoms with Gasteiger partial charge in [0.1, 0.15) is 5.39 Å². The van der Waals surface area contributed by atoms with E-state index in [1.807, 2.05) is 35.9 Å². The van der Waals surface area contributed by atoms with Crippen LogP contribution in [-0.2, 0) is 11.3 Å². The highest BCUT2D eigenvalue weighted by atomic mass is 16.5. The summed E-state index contributed by atoms with van der Waals surface area (Å²) in [4.78, 5) is 29.7. The molecule has 172 valence electrons. The van der Waals surface area contributed by atoms with Gasteiger partial charge in [0.05, 0.1) is 17.7 Å². The average molecular weight is 449 g/mol. The molecule has 0 bridgehead atoms. The molecule has 2 N–H and O–H groups in total. The minimum atomic E-state index is -0.161. The van der Waals surface area contributed by atoms with Gasteiger partial charge >= 0.3 is 0 Å². The Balaban J connectivity index is 0.000000821. The van der Waals surface area contributed by atoms with E-state index in [2.05, 4.69) is 15.4 Å². The Morgan fingerprint density at radius 3 is 2.70 bits per heavy atom. The topological polar surface area (TPSA) is 116 Å². The number of anilines is 2. The molecule has 1 saturated heterocycles. The fraction of sp³-hybridized carbons (Fsp3) is 0.417. The molecule has 3 aromatic rings. The number of nitrogens with zero attached hydrogens (tertiary/aromatic N) is 4. The predicted octanol–water partition coefficient (Wildman–Crippen LogP) is 3.19. The van der Waals surface area contributed by atoms with E-state index in [-0.39, 0.29) is 17.6 Å². The van der Waals surface area contributed by atoms with E-state index in [0.29, 0.717) is 35.8 Å². The van der Waals surface area contributed by atoms with E-state index < -0.39 is 0 Å². The summed E-state index contributed by atoms with van der Waals surface area (Å²) in [7, 11) is 1.67. The SMILES string of the molecule is CC#N.COC1CN(C(=O)c2ccc(Nc3nn(CC4CC4)c4cc[nH]c(=O)c34)cc2C)C1. The highest BCUT2D eigenvalue weighted by Gasteiger charge is 2.31. The van der Waals surface area contributed by atoms with Crippen LogP contribution in [0.25, 0.3) is 10.9 Å². The molecule has 3 heterocycles. The van der Waals surface area contributed by atoms with Gasteiger partial charge in [-0.2, -0.15) is 10.4 Å². The Bertz CT molecular complexity index is 1260. The third-order valence-electron chi connectivity index (χ3n) is 5.99.